The molecule has 0 spiro atoms. The van der Waals surface area contributed by atoms with E-state index >= 15 is 0 Å². The number of nitrogens with zero attached hydrogens (tertiary/aromatic N) is 1. The maximum absolute atomic E-state index is 11.4. The van der Waals surface area contributed by atoms with Crippen LogP contribution in [0.1, 0.15) is 11.1 Å². The predicted octanol–water partition coefficient (Wildman–Crippen LogP) is 4.35. The third-order valence-electron chi connectivity index (χ3n) is 3.06. The number of hydrogen-bond acceptors (Lipinski definition) is 4. The van der Waals surface area contributed by atoms with E-state index in [-0.39, 0.29) is 4.91 Å². The number of carbonyl (C=O) groups is 1. The van der Waals surface area contributed by atoms with E-state index in [0.29, 0.717) is 16.3 Å². The summed E-state index contributed by atoms with van der Waals surface area (Å²) in [6.45, 7) is 1.98. The lowest BCUT2D eigenvalue weighted by atomic mass is 10.1. The van der Waals surface area contributed by atoms with Gasteiger partial charge in [-0.05, 0) is 42.5 Å². The molecular weight excluding hydrogens is 298 g/mol. The van der Waals surface area contributed by atoms with Crippen LogP contribution in [0.25, 0.3) is 17.2 Å². The van der Waals surface area contributed by atoms with Gasteiger partial charge in [0.15, 0.2) is 5.58 Å². The Bertz CT molecular complexity index is 817. The van der Waals surface area contributed by atoms with E-state index in [1.807, 2.05) is 49.4 Å². The predicted molar refractivity (Wildman–Crippen MR) is 86.7 cm³/mol. The third kappa shape index (κ3) is 3.20. The molecule has 0 aliphatic heterocycles. The number of aromatic nitrogens is 1. The zero-order valence-corrected chi connectivity index (χ0v) is 12.6. The number of aryl methyl sites for hydroxylation is 1. The van der Waals surface area contributed by atoms with Crippen LogP contribution in [0.5, 0.6) is 0 Å². The molecule has 0 saturated heterocycles. The van der Waals surface area contributed by atoms with E-state index in [0.717, 1.165) is 22.9 Å². The molecule has 0 bridgehead atoms. The lowest BCUT2D eigenvalue weighted by molar-refractivity contribution is -0.131. The highest BCUT2D eigenvalue weighted by Crippen LogP contribution is 2.30. The van der Waals surface area contributed by atoms with Crippen LogP contribution in [-0.2, 0) is 4.79 Å². The Kier molecular flexibility index (Phi) is 3.98. The molecule has 3 rings (SSSR count). The Morgan fingerprint density at radius 1 is 1.18 bits per heavy atom. The minimum Gasteiger partial charge on any atom is -0.477 e. The Morgan fingerprint density at radius 2 is 1.91 bits per heavy atom. The monoisotopic (exact) mass is 311 g/mol. The van der Waals surface area contributed by atoms with E-state index < -0.39 is 5.97 Å². The van der Waals surface area contributed by atoms with E-state index in [1.165, 1.54) is 0 Å². The number of rotatable bonds is 4. The van der Waals surface area contributed by atoms with Gasteiger partial charge in [-0.1, -0.05) is 42.0 Å². The molecule has 1 heterocycles. The first-order chi connectivity index (χ1) is 10.6. The first-order valence-electron chi connectivity index (χ1n) is 6.67. The summed E-state index contributed by atoms with van der Waals surface area (Å²) in [7, 11) is 0. The first-order valence-corrected chi connectivity index (χ1v) is 7.48. The molecule has 0 fully saturated rings. The van der Waals surface area contributed by atoms with Gasteiger partial charge in [-0.25, -0.2) is 9.78 Å². The second-order valence-electron chi connectivity index (χ2n) is 4.77. The summed E-state index contributed by atoms with van der Waals surface area (Å²) >= 11 is 1.01. The van der Waals surface area contributed by atoms with Crippen LogP contribution in [0.15, 0.2) is 63.1 Å². The Labute approximate surface area is 131 Å². The highest BCUT2D eigenvalue weighted by atomic mass is 32.2. The van der Waals surface area contributed by atoms with Crippen molar-refractivity contribution < 1.29 is 14.3 Å². The molecule has 0 unspecified atom stereocenters. The van der Waals surface area contributed by atoms with Crippen molar-refractivity contribution in [2.45, 2.75) is 12.1 Å². The molecule has 110 valence electrons. The summed E-state index contributed by atoms with van der Waals surface area (Å²) in [5.74, 6) is -1.01. The summed E-state index contributed by atoms with van der Waals surface area (Å²) in [5, 5.41) is 9.69. The number of hydrogen-bond donors (Lipinski definition) is 1. The molecular formula is C17H13NO3S. The van der Waals surface area contributed by atoms with Crippen molar-refractivity contribution in [1.82, 2.24) is 4.98 Å². The standard InChI is InChI=1S/C17H13NO3S/c1-11-6-8-12(9-7-11)10-15(16(19)20)22-17-18-13-4-2-3-5-14(13)21-17/h2-10H,1H3,(H,19,20)/b15-10-. The molecule has 1 aromatic heterocycles. The van der Waals surface area contributed by atoms with Crippen molar-refractivity contribution >= 4 is 34.9 Å². The summed E-state index contributed by atoms with van der Waals surface area (Å²) in [6.07, 6.45) is 1.61. The van der Waals surface area contributed by atoms with Crippen LogP contribution in [0.4, 0.5) is 0 Å². The molecule has 1 N–H and O–H groups in total. The molecule has 3 aromatic rings. The minimum absolute atomic E-state index is 0.162. The minimum atomic E-state index is -1.01. The number of thioether (sulfide) groups is 1. The summed E-state index contributed by atoms with van der Waals surface area (Å²) in [4.78, 5) is 15.9. The van der Waals surface area contributed by atoms with Crippen LogP contribution in [0.3, 0.4) is 0 Å². The van der Waals surface area contributed by atoms with Gasteiger partial charge in [0, 0.05) is 0 Å². The largest absolute Gasteiger partial charge is 0.477 e. The molecule has 0 aliphatic rings. The van der Waals surface area contributed by atoms with Crippen molar-refractivity contribution in [2.75, 3.05) is 0 Å². The summed E-state index contributed by atoms with van der Waals surface area (Å²) in [6, 6.07) is 15.0. The van der Waals surface area contributed by atoms with Crippen LogP contribution in [-0.4, -0.2) is 16.1 Å². The Hall–Kier alpha value is -2.53. The van der Waals surface area contributed by atoms with E-state index in [1.54, 1.807) is 12.1 Å². The third-order valence-corrected chi connectivity index (χ3v) is 3.92. The van der Waals surface area contributed by atoms with Gasteiger partial charge in [-0.3, -0.25) is 0 Å². The van der Waals surface area contributed by atoms with Crippen LogP contribution < -0.4 is 0 Å². The van der Waals surface area contributed by atoms with Gasteiger partial charge in [-0.2, -0.15) is 0 Å². The van der Waals surface area contributed by atoms with Gasteiger partial charge >= 0.3 is 5.97 Å². The van der Waals surface area contributed by atoms with Crippen molar-refractivity contribution in [1.29, 1.82) is 0 Å². The lowest BCUT2D eigenvalue weighted by Gasteiger charge is -2.00. The number of para-hydroxylation sites is 2. The normalized spacial score (nSPS) is 11.8. The molecule has 0 amide bonds. The van der Waals surface area contributed by atoms with E-state index in [9.17, 15) is 9.90 Å². The van der Waals surface area contributed by atoms with Crippen molar-refractivity contribution in [3.63, 3.8) is 0 Å². The second-order valence-corrected chi connectivity index (χ2v) is 5.77. The lowest BCUT2D eigenvalue weighted by Crippen LogP contribution is -1.96. The molecule has 22 heavy (non-hydrogen) atoms. The fraction of sp³-hybridized carbons (Fsp3) is 0.0588. The van der Waals surface area contributed by atoms with Gasteiger partial charge in [0.25, 0.3) is 5.22 Å². The molecule has 0 aliphatic carbocycles. The number of carboxylic acids is 1. The van der Waals surface area contributed by atoms with Crippen LogP contribution in [0.2, 0.25) is 0 Å². The number of fused-ring (bicyclic) bond motifs is 1. The quantitative estimate of drug-likeness (QED) is 0.573. The number of aliphatic carboxylic acids is 1. The summed E-state index contributed by atoms with van der Waals surface area (Å²) < 4.78 is 5.55. The topological polar surface area (TPSA) is 63.3 Å². The van der Waals surface area contributed by atoms with Gasteiger partial charge in [-0.15, -0.1) is 0 Å². The molecule has 0 radical (unpaired) electrons. The zero-order chi connectivity index (χ0) is 15.5. The average Bonchev–Trinajstić information content (AvgIpc) is 2.91. The average molecular weight is 311 g/mol. The van der Waals surface area contributed by atoms with Crippen molar-refractivity contribution in [3.05, 3.63) is 64.6 Å². The van der Waals surface area contributed by atoms with Gasteiger partial charge < -0.3 is 9.52 Å². The first kappa shape index (κ1) is 14.4. The number of carboxylic acid groups (broad SMARTS) is 1. The van der Waals surface area contributed by atoms with E-state index in [2.05, 4.69) is 4.98 Å². The molecule has 0 atom stereocenters. The van der Waals surface area contributed by atoms with Crippen molar-refractivity contribution in [3.8, 4) is 0 Å². The SMILES string of the molecule is Cc1ccc(/C=C(\Sc2nc3ccccc3o2)C(=O)O)cc1. The molecule has 4 nitrogen and oxygen atoms in total. The summed E-state index contributed by atoms with van der Waals surface area (Å²) in [5.41, 5.74) is 3.31. The highest BCUT2D eigenvalue weighted by molar-refractivity contribution is 8.03. The number of oxazole rings is 1. The maximum Gasteiger partial charge on any atom is 0.342 e. The van der Waals surface area contributed by atoms with Gasteiger partial charge in [0.05, 0.1) is 0 Å². The fourth-order valence-electron chi connectivity index (χ4n) is 1.94. The van der Waals surface area contributed by atoms with E-state index in [4.69, 9.17) is 4.42 Å². The Balaban J connectivity index is 1.91. The molecule has 2 aromatic carbocycles. The maximum atomic E-state index is 11.4. The van der Waals surface area contributed by atoms with Crippen molar-refractivity contribution in [2.24, 2.45) is 0 Å². The highest BCUT2D eigenvalue weighted by Gasteiger charge is 2.14. The van der Waals surface area contributed by atoms with Crippen LogP contribution in [0, 0.1) is 6.92 Å². The Morgan fingerprint density at radius 3 is 2.59 bits per heavy atom. The molecule has 5 heteroatoms. The van der Waals surface area contributed by atoms with Gasteiger partial charge in [0.2, 0.25) is 0 Å². The van der Waals surface area contributed by atoms with Crippen LogP contribution >= 0.6 is 11.8 Å². The smallest absolute Gasteiger partial charge is 0.342 e. The second kappa shape index (κ2) is 6.07. The fourth-order valence-corrected chi connectivity index (χ4v) is 2.68. The van der Waals surface area contributed by atoms with Gasteiger partial charge in [0.1, 0.15) is 10.4 Å². The molecule has 0 saturated carbocycles. The number of benzene rings is 2. The zero-order valence-electron chi connectivity index (χ0n) is 11.8.